The molecule has 1 saturated heterocycles. The number of H-pyrrole nitrogens is 1. The van der Waals surface area contributed by atoms with Crippen molar-refractivity contribution in [3.63, 3.8) is 0 Å². The van der Waals surface area contributed by atoms with Gasteiger partial charge in [-0.05, 0) is 36.8 Å². The summed E-state index contributed by atoms with van der Waals surface area (Å²) in [5, 5.41) is 7.92. The van der Waals surface area contributed by atoms with Crippen LogP contribution in [0.3, 0.4) is 0 Å². The molecule has 1 atom stereocenters. The van der Waals surface area contributed by atoms with Crippen molar-refractivity contribution >= 4 is 16.8 Å². The summed E-state index contributed by atoms with van der Waals surface area (Å²) in [5.74, 6) is 0.00424. The Kier molecular flexibility index (Phi) is 5.75. The molecular weight excluding hydrogens is 418 g/mol. The standard InChI is InChI=1S/C25H25N5O3/c1-17-15-25(32)30(22-8-3-2-5-18(17)22)12-10-24(31)29-13-14-33-23(16-29)21-7-4-6-19(27-21)20-9-11-26-28-20/h2-9,11,15,23H,10,12-14,16H2,1H3,(H,26,28)/t23-/m1/s1. The number of ether oxygens (including phenoxy) is 1. The second-order valence-electron chi connectivity index (χ2n) is 8.20. The average Bonchev–Trinajstić information content (AvgIpc) is 3.39. The molecule has 5 rings (SSSR count). The van der Waals surface area contributed by atoms with Gasteiger partial charge in [-0.1, -0.05) is 24.3 Å². The smallest absolute Gasteiger partial charge is 0.251 e. The van der Waals surface area contributed by atoms with Gasteiger partial charge in [0.1, 0.15) is 6.10 Å². The van der Waals surface area contributed by atoms with Crippen LogP contribution in [0, 0.1) is 6.92 Å². The summed E-state index contributed by atoms with van der Waals surface area (Å²) in [4.78, 5) is 32.2. The molecule has 33 heavy (non-hydrogen) atoms. The molecule has 168 valence electrons. The van der Waals surface area contributed by atoms with Crippen LogP contribution < -0.4 is 5.56 Å². The number of nitrogens with one attached hydrogen (secondary N) is 1. The fourth-order valence-electron chi connectivity index (χ4n) is 4.33. The molecule has 4 aromatic rings. The summed E-state index contributed by atoms with van der Waals surface area (Å²) in [6.07, 6.45) is 1.64. The summed E-state index contributed by atoms with van der Waals surface area (Å²) in [7, 11) is 0. The molecule has 0 bridgehead atoms. The minimum atomic E-state index is -0.298. The van der Waals surface area contributed by atoms with Gasteiger partial charge >= 0.3 is 0 Å². The number of aromatic nitrogens is 4. The van der Waals surface area contributed by atoms with Crippen LogP contribution in [0.15, 0.2) is 65.6 Å². The molecule has 1 fully saturated rings. The number of para-hydroxylation sites is 1. The van der Waals surface area contributed by atoms with Gasteiger partial charge in [0.2, 0.25) is 5.91 Å². The van der Waals surface area contributed by atoms with Gasteiger partial charge in [0.25, 0.3) is 5.56 Å². The second-order valence-corrected chi connectivity index (χ2v) is 8.20. The second kappa shape index (κ2) is 8.99. The predicted molar refractivity (Wildman–Crippen MR) is 125 cm³/mol. The van der Waals surface area contributed by atoms with E-state index in [1.807, 2.05) is 55.5 Å². The van der Waals surface area contributed by atoms with E-state index in [0.29, 0.717) is 26.2 Å². The van der Waals surface area contributed by atoms with Crippen molar-refractivity contribution in [2.24, 2.45) is 0 Å². The number of morpholine rings is 1. The lowest BCUT2D eigenvalue weighted by atomic mass is 10.1. The van der Waals surface area contributed by atoms with Crippen molar-refractivity contribution in [2.75, 3.05) is 19.7 Å². The monoisotopic (exact) mass is 443 g/mol. The zero-order valence-electron chi connectivity index (χ0n) is 18.4. The Morgan fingerprint density at radius 1 is 1.18 bits per heavy atom. The highest BCUT2D eigenvalue weighted by atomic mass is 16.5. The van der Waals surface area contributed by atoms with Gasteiger partial charge < -0.3 is 14.2 Å². The van der Waals surface area contributed by atoms with Crippen molar-refractivity contribution in [3.05, 3.63) is 82.4 Å². The maximum absolute atomic E-state index is 13.0. The number of aromatic amines is 1. The van der Waals surface area contributed by atoms with E-state index in [4.69, 9.17) is 9.72 Å². The number of fused-ring (bicyclic) bond motifs is 1. The third-order valence-corrected chi connectivity index (χ3v) is 6.07. The summed E-state index contributed by atoms with van der Waals surface area (Å²) in [5.41, 5.74) is 4.10. The van der Waals surface area contributed by atoms with E-state index < -0.39 is 0 Å². The van der Waals surface area contributed by atoms with Crippen LogP contribution in [-0.4, -0.2) is 50.3 Å². The van der Waals surface area contributed by atoms with Gasteiger partial charge in [0.15, 0.2) is 0 Å². The predicted octanol–water partition coefficient (Wildman–Crippen LogP) is 3.09. The molecule has 8 nitrogen and oxygen atoms in total. The molecule has 3 aromatic heterocycles. The van der Waals surface area contributed by atoms with Crippen LogP contribution >= 0.6 is 0 Å². The Morgan fingerprint density at radius 2 is 2.06 bits per heavy atom. The highest BCUT2D eigenvalue weighted by Gasteiger charge is 2.26. The highest BCUT2D eigenvalue weighted by molar-refractivity contribution is 5.82. The van der Waals surface area contributed by atoms with Crippen LogP contribution in [0.25, 0.3) is 22.3 Å². The van der Waals surface area contributed by atoms with E-state index in [9.17, 15) is 9.59 Å². The summed E-state index contributed by atoms with van der Waals surface area (Å²) in [6, 6.07) is 17.0. The van der Waals surface area contributed by atoms with Crippen LogP contribution in [0.4, 0.5) is 0 Å². The van der Waals surface area contributed by atoms with Crippen molar-refractivity contribution in [1.82, 2.24) is 24.6 Å². The maximum atomic E-state index is 13.0. The zero-order chi connectivity index (χ0) is 22.8. The van der Waals surface area contributed by atoms with Crippen LogP contribution in [0.2, 0.25) is 0 Å². The molecule has 0 spiro atoms. The molecule has 1 N–H and O–H groups in total. The number of carbonyl (C=O) groups excluding carboxylic acids is 1. The Labute approximate surface area is 190 Å². The normalized spacial score (nSPS) is 16.3. The number of hydrogen-bond donors (Lipinski definition) is 1. The summed E-state index contributed by atoms with van der Waals surface area (Å²) in [6.45, 7) is 3.68. The number of benzene rings is 1. The molecule has 8 heteroatoms. The third-order valence-electron chi connectivity index (χ3n) is 6.07. The molecular formula is C25H25N5O3. The molecule has 0 aliphatic carbocycles. The minimum absolute atomic E-state index is 0.00424. The maximum Gasteiger partial charge on any atom is 0.251 e. The third kappa shape index (κ3) is 4.29. The lowest BCUT2D eigenvalue weighted by Gasteiger charge is -2.33. The Balaban J connectivity index is 1.29. The number of rotatable bonds is 5. The highest BCUT2D eigenvalue weighted by Crippen LogP contribution is 2.24. The van der Waals surface area contributed by atoms with Crippen molar-refractivity contribution in [1.29, 1.82) is 0 Å². The van der Waals surface area contributed by atoms with E-state index in [2.05, 4.69) is 10.2 Å². The Hall–Kier alpha value is -3.78. The fraction of sp³-hybridized carbons (Fsp3) is 0.280. The molecule has 4 heterocycles. The molecule has 1 aliphatic rings. The van der Waals surface area contributed by atoms with Gasteiger partial charge in [-0.25, -0.2) is 4.98 Å². The summed E-state index contributed by atoms with van der Waals surface area (Å²) >= 11 is 0. The number of nitrogens with zero attached hydrogens (tertiary/aromatic N) is 4. The van der Waals surface area contributed by atoms with E-state index in [1.54, 1.807) is 21.7 Å². The molecule has 0 radical (unpaired) electrons. The number of hydrogen-bond acceptors (Lipinski definition) is 5. The first-order valence-corrected chi connectivity index (χ1v) is 11.1. The Morgan fingerprint density at radius 3 is 2.91 bits per heavy atom. The topological polar surface area (TPSA) is 93.1 Å². The quantitative estimate of drug-likeness (QED) is 0.512. The van der Waals surface area contributed by atoms with Crippen molar-refractivity contribution in [2.45, 2.75) is 26.0 Å². The van der Waals surface area contributed by atoms with Gasteiger partial charge in [-0.15, -0.1) is 0 Å². The number of aryl methyl sites for hydroxylation is 2. The van der Waals surface area contributed by atoms with Crippen LogP contribution in [-0.2, 0) is 16.1 Å². The van der Waals surface area contributed by atoms with E-state index in [1.165, 1.54) is 0 Å². The van der Waals surface area contributed by atoms with Gasteiger partial charge in [0, 0.05) is 37.2 Å². The molecule has 0 saturated carbocycles. The zero-order valence-corrected chi connectivity index (χ0v) is 18.4. The number of pyridine rings is 2. The van der Waals surface area contributed by atoms with E-state index in [0.717, 1.165) is 33.5 Å². The molecule has 1 aliphatic heterocycles. The number of carbonyl (C=O) groups is 1. The first-order valence-electron chi connectivity index (χ1n) is 11.1. The van der Waals surface area contributed by atoms with E-state index >= 15 is 0 Å². The van der Waals surface area contributed by atoms with E-state index in [-0.39, 0.29) is 24.0 Å². The Bertz CT molecular complexity index is 1350. The van der Waals surface area contributed by atoms with Crippen LogP contribution in [0.5, 0.6) is 0 Å². The molecule has 0 unspecified atom stereocenters. The fourth-order valence-corrected chi connectivity index (χ4v) is 4.33. The van der Waals surface area contributed by atoms with Gasteiger partial charge in [-0.3, -0.25) is 14.7 Å². The van der Waals surface area contributed by atoms with Gasteiger partial charge in [-0.2, -0.15) is 5.10 Å². The first kappa shape index (κ1) is 21.1. The van der Waals surface area contributed by atoms with Crippen molar-refractivity contribution in [3.8, 4) is 11.4 Å². The minimum Gasteiger partial charge on any atom is -0.368 e. The SMILES string of the molecule is Cc1cc(=O)n(CCC(=O)N2CCO[C@@H](c3cccc(-c4ccn[nH]4)n3)C2)c2ccccc12. The molecule has 1 aromatic carbocycles. The van der Waals surface area contributed by atoms with Crippen molar-refractivity contribution < 1.29 is 9.53 Å². The number of amides is 1. The average molecular weight is 444 g/mol. The first-order chi connectivity index (χ1) is 16.1. The lowest BCUT2D eigenvalue weighted by Crippen LogP contribution is -2.43. The van der Waals surface area contributed by atoms with Crippen LogP contribution in [0.1, 0.15) is 23.8 Å². The van der Waals surface area contributed by atoms with Gasteiger partial charge in [0.05, 0.1) is 35.8 Å². The largest absolute Gasteiger partial charge is 0.368 e. The molecule has 1 amide bonds. The lowest BCUT2D eigenvalue weighted by molar-refractivity contribution is -0.139. The summed E-state index contributed by atoms with van der Waals surface area (Å²) < 4.78 is 7.62.